The van der Waals surface area contributed by atoms with E-state index >= 15 is 0 Å². The highest BCUT2D eigenvalue weighted by molar-refractivity contribution is 5.93. The van der Waals surface area contributed by atoms with Crippen molar-refractivity contribution in [3.8, 4) is 22.6 Å². The third kappa shape index (κ3) is 4.33. The first-order valence-electron chi connectivity index (χ1n) is 11.6. The van der Waals surface area contributed by atoms with Crippen molar-refractivity contribution < 1.29 is 13.6 Å². The molecular formula is C26H21F2N7O. The highest BCUT2D eigenvalue weighted by atomic mass is 19.1. The normalized spacial score (nSPS) is 13.4. The Labute approximate surface area is 204 Å². The van der Waals surface area contributed by atoms with Gasteiger partial charge in [0.15, 0.2) is 0 Å². The van der Waals surface area contributed by atoms with Gasteiger partial charge in [-0.15, -0.1) is 0 Å². The maximum absolute atomic E-state index is 13.6. The SMILES string of the molecule is NC(=O)c1cnc2ccc(-c3nc(CCc4cc(F)cc(F)c4)[nH]c3-c3ccn(C4CC4)n3)cc2n1. The standard InChI is InChI=1S/C26H21F2N7O/c27-16-9-14(10-17(28)12-16)1-6-23-32-24(25(33-23)20-7-8-35(34-20)18-3-4-18)15-2-5-19-21(11-15)31-22(13-30-19)26(29)36/h2,5,7-13,18H,1,3-4,6H2,(H2,29,36)(H,32,33). The van der Waals surface area contributed by atoms with Crippen molar-refractivity contribution >= 4 is 16.9 Å². The lowest BCUT2D eigenvalue weighted by molar-refractivity contribution is 0.0995. The molecule has 0 saturated heterocycles. The van der Waals surface area contributed by atoms with Gasteiger partial charge in [-0.3, -0.25) is 14.5 Å². The van der Waals surface area contributed by atoms with Crippen LogP contribution in [0.5, 0.6) is 0 Å². The molecule has 3 heterocycles. The minimum absolute atomic E-state index is 0.0769. The summed E-state index contributed by atoms with van der Waals surface area (Å²) in [5, 5.41) is 4.74. The fourth-order valence-corrected chi connectivity index (χ4v) is 4.24. The van der Waals surface area contributed by atoms with Gasteiger partial charge in [-0.25, -0.2) is 18.7 Å². The summed E-state index contributed by atoms with van der Waals surface area (Å²) in [5.41, 5.74) is 10.0. The van der Waals surface area contributed by atoms with E-state index in [9.17, 15) is 13.6 Å². The Morgan fingerprint density at radius 2 is 1.83 bits per heavy atom. The topological polar surface area (TPSA) is 115 Å². The molecule has 1 amide bonds. The number of amides is 1. The van der Waals surface area contributed by atoms with E-state index in [1.54, 1.807) is 12.1 Å². The summed E-state index contributed by atoms with van der Waals surface area (Å²) in [6.45, 7) is 0. The van der Waals surface area contributed by atoms with Gasteiger partial charge in [0.2, 0.25) is 0 Å². The van der Waals surface area contributed by atoms with Crippen LogP contribution in [0.3, 0.4) is 0 Å². The maximum Gasteiger partial charge on any atom is 0.268 e. The van der Waals surface area contributed by atoms with Gasteiger partial charge in [0.1, 0.15) is 28.8 Å². The van der Waals surface area contributed by atoms with Crippen LogP contribution in [-0.4, -0.2) is 35.6 Å². The van der Waals surface area contributed by atoms with Gasteiger partial charge in [-0.2, -0.15) is 5.10 Å². The molecule has 5 aromatic rings. The second-order valence-corrected chi connectivity index (χ2v) is 8.92. The largest absolute Gasteiger partial charge is 0.364 e. The Kier molecular flexibility index (Phi) is 5.28. The van der Waals surface area contributed by atoms with E-state index in [4.69, 9.17) is 15.8 Å². The predicted octanol–water partition coefficient (Wildman–Crippen LogP) is 4.38. The van der Waals surface area contributed by atoms with E-state index in [1.807, 2.05) is 23.0 Å². The molecule has 180 valence electrons. The first-order chi connectivity index (χ1) is 17.4. The highest BCUT2D eigenvalue weighted by Crippen LogP contribution is 2.36. The molecule has 2 aromatic carbocycles. The molecular weight excluding hydrogens is 464 g/mol. The lowest BCUT2D eigenvalue weighted by Gasteiger charge is -2.04. The van der Waals surface area contributed by atoms with Gasteiger partial charge in [-0.1, -0.05) is 6.07 Å². The number of H-pyrrole nitrogens is 1. The minimum Gasteiger partial charge on any atom is -0.364 e. The molecule has 3 N–H and O–H groups in total. The van der Waals surface area contributed by atoms with Crippen molar-refractivity contribution in [1.29, 1.82) is 0 Å². The summed E-state index contributed by atoms with van der Waals surface area (Å²) in [5.74, 6) is -1.22. The number of primary amides is 1. The van der Waals surface area contributed by atoms with Gasteiger partial charge < -0.3 is 10.7 Å². The molecule has 1 saturated carbocycles. The number of hydrogen-bond acceptors (Lipinski definition) is 5. The Balaban J connectivity index is 1.39. The van der Waals surface area contributed by atoms with Crippen LogP contribution in [0.15, 0.2) is 54.9 Å². The van der Waals surface area contributed by atoms with Gasteiger partial charge in [0, 0.05) is 24.2 Å². The third-order valence-electron chi connectivity index (χ3n) is 6.18. The van der Waals surface area contributed by atoms with Crippen LogP contribution in [0, 0.1) is 11.6 Å². The zero-order chi connectivity index (χ0) is 24.8. The molecule has 0 radical (unpaired) electrons. The summed E-state index contributed by atoms with van der Waals surface area (Å²) >= 11 is 0. The molecule has 0 unspecified atom stereocenters. The van der Waals surface area contributed by atoms with E-state index in [-0.39, 0.29) is 5.69 Å². The summed E-state index contributed by atoms with van der Waals surface area (Å²) in [4.78, 5) is 28.4. The first kappa shape index (κ1) is 22.0. The van der Waals surface area contributed by atoms with Crippen LogP contribution in [0.4, 0.5) is 8.78 Å². The second kappa shape index (κ2) is 8.63. The Bertz CT molecular complexity index is 1600. The van der Waals surface area contributed by atoms with E-state index in [1.165, 1.54) is 18.3 Å². The lowest BCUT2D eigenvalue weighted by Crippen LogP contribution is -2.13. The number of fused-ring (bicyclic) bond motifs is 1. The van der Waals surface area contributed by atoms with Crippen molar-refractivity contribution in [3.63, 3.8) is 0 Å². The molecule has 1 aliphatic carbocycles. The van der Waals surface area contributed by atoms with Gasteiger partial charge in [-0.05, 0) is 55.2 Å². The zero-order valence-electron chi connectivity index (χ0n) is 19.1. The van der Waals surface area contributed by atoms with Gasteiger partial charge in [0.25, 0.3) is 5.91 Å². The zero-order valence-corrected chi connectivity index (χ0v) is 19.1. The Hall–Kier alpha value is -4.47. The number of carbonyl (C=O) groups is 1. The average molecular weight is 485 g/mol. The fourth-order valence-electron chi connectivity index (χ4n) is 4.24. The number of nitrogens with two attached hydrogens (primary N) is 1. The molecule has 6 rings (SSSR count). The molecule has 0 spiro atoms. The summed E-state index contributed by atoms with van der Waals surface area (Å²) in [7, 11) is 0. The number of halogens is 2. The summed E-state index contributed by atoms with van der Waals surface area (Å²) < 4.78 is 29.2. The number of nitrogens with zero attached hydrogens (tertiary/aromatic N) is 5. The molecule has 0 aliphatic heterocycles. The first-order valence-corrected chi connectivity index (χ1v) is 11.6. The Morgan fingerprint density at radius 1 is 1.03 bits per heavy atom. The summed E-state index contributed by atoms with van der Waals surface area (Å²) in [6, 6.07) is 11.4. The van der Waals surface area contributed by atoms with Crippen molar-refractivity contribution in [1.82, 2.24) is 29.7 Å². The van der Waals surface area contributed by atoms with Crippen molar-refractivity contribution in [2.24, 2.45) is 5.73 Å². The Morgan fingerprint density at radius 3 is 2.58 bits per heavy atom. The molecule has 1 aliphatic rings. The number of aromatic nitrogens is 6. The monoisotopic (exact) mass is 485 g/mol. The number of aryl methyl sites for hydroxylation is 2. The predicted molar refractivity (Wildman–Crippen MR) is 129 cm³/mol. The molecule has 0 bridgehead atoms. The molecule has 0 atom stereocenters. The number of rotatable bonds is 7. The number of hydrogen-bond donors (Lipinski definition) is 2. The van der Waals surface area contributed by atoms with Crippen LogP contribution < -0.4 is 5.73 Å². The molecule has 10 heteroatoms. The van der Waals surface area contributed by atoms with Crippen LogP contribution in [0.1, 0.15) is 40.8 Å². The van der Waals surface area contributed by atoms with E-state index in [0.717, 1.165) is 35.9 Å². The van der Waals surface area contributed by atoms with Crippen molar-refractivity contribution in [2.45, 2.75) is 31.7 Å². The number of aromatic amines is 1. The number of nitrogens with one attached hydrogen (secondary N) is 1. The van der Waals surface area contributed by atoms with Crippen LogP contribution >= 0.6 is 0 Å². The fraction of sp³-hybridized carbons (Fsp3) is 0.192. The highest BCUT2D eigenvalue weighted by Gasteiger charge is 2.25. The second-order valence-electron chi connectivity index (χ2n) is 8.92. The van der Waals surface area contributed by atoms with Crippen LogP contribution in [0.2, 0.25) is 0 Å². The van der Waals surface area contributed by atoms with Gasteiger partial charge >= 0.3 is 0 Å². The molecule has 1 fully saturated rings. The molecule has 36 heavy (non-hydrogen) atoms. The minimum atomic E-state index is -0.656. The number of carbonyl (C=O) groups excluding carboxylic acids is 1. The summed E-state index contributed by atoms with van der Waals surface area (Å²) in [6.07, 6.45) is 6.37. The molecule has 3 aromatic heterocycles. The van der Waals surface area contributed by atoms with E-state index in [2.05, 4.69) is 15.0 Å². The van der Waals surface area contributed by atoms with E-state index < -0.39 is 17.5 Å². The number of benzene rings is 2. The number of imidazole rings is 1. The van der Waals surface area contributed by atoms with Crippen LogP contribution in [0.25, 0.3) is 33.7 Å². The van der Waals surface area contributed by atoms with Crippen molar-refractivity contribution in [3.05, 3.63) is 83.6 Å². The smallest absolute Gasteiger partial charge is 0.268 e. The van der Waals surface area contributed by atoms with Crippen LogP contribution in [-0.2, 0) is 12.8 Å². The lowest BCUT2D eigenvalue weighted by atomic mass is 10.1. The quantitative estimate of drug-likeness (QED) is 0.355. The average Bonchev–Trinajstić information content (AvgIpc) is 3.43. The van der Waals surface area contributed by atoms with Gasteiger partial charge in [0.05, 0.1) is 34.7 Å². The molecule has 8 nitrogen and oxygen atoms in total. The van der Waals surface area contributed by atoms with E-state index in [0.29, 0.717) is 47.0 Å². The van der Waals surface area contributed by atoms with Crippen molar-refractivity contribution in [2.75, 3.05) is 0 Å². The third-order valence-corrected chi connectivity index (χ3v) is 6.18. The maximum atomic E-state index is 13.6.